The van der Waals surface area contributed by atoms with Crippen LogP contribution in [-0.4, -0.2) is 0 Å². The van der Waals surface area contributed by atoms with E-state index in [0.717, 1.165) is 0 Å². The van der Waals surface area contributed by atoms with Crippen molar-refractivity contribution in [2.75, 3.05) is 0 Å². The van der Waals surface area contributed by atoms with E-state index in [2.05, 4.69) is 120 Å². The molecule has 6 aromatic heterocycles. The van der Waals surface area contributed by atoms with Crippen LogP contribution in [0, 0.1) is 13.8 Å². The monoisotopic (exact) mass is 672 g/mol. The van der Waals surface area contributed by atoms with Gasteiger partial charge in [0.15, 0.2) is 0 Å². The number of hydrogen-bond donors (Lipinski definition) is 0. The molecule has 0 spiro atoms. The molecule has 0 nitrogen and oxygen atoms in total. The van der Waals surface area contributed by atoms with Crippen molar-refractivity contribution in [3.05, 3.63) is 158 Å². The SMILES string of the molecule is Cc1cc2c(s1)-c1ccc3c4c(ccc(c14)C2(c1cccs1)c1cccs1)-c1sc(C)cc1C3(c1cccs1)c1cccs1. The Balaban J connectivity index is 1.46. The fraction of sp³-hybridized carbons (Fsp3) is 0.105. The lowest BCUT2D eigenvalue weighted by Gasteiger charge is -2.42. The van der Waals surface area contributed by atoms with Crippen LogP contribution in [0.3, 0.4) is 0 Å². The lowest BCUT2D eigenvalue weighted by molar-refractivity contribution is 0.780. The van der Waals surface area contributed by atoms with Crippen LogP contribution in [0.5, 0.6) is 0 Å². The molecule has 10 rings (SSSR count). The lowest BCUT2D eigenvalue weighted by Crippen LogP contribution is -2.34. The number of benzene rings is 2. The highest BCUT2D eigenvalue weighted by Crippen LogP contribution is 2.64. The van der Waals surface area contributed by atoms with E-state index in [1.807, 2.05) is 68.0 Å². The van der Waals surface area contributed by atoms with Gasteiger partial charge in [0.25, 0.3) is 0 Å². The Bertz CT molecular complexity index is 2100. The van der Waals surface area contributed by atoms with Gasteiger partial charge in [0.1, 0.15) is 0 Å². The smallest absolute Gasteiger partial charge is 0.0907 e. The summed E-state index contributed by atoms with van der Waals surface area (Å²) in [4.78, 5) is 11.2. The quantitative estimate of drug-likeness (QED) is 0.175. The normalized spacial score (nSPS) is 15.4. The molecular weight excluding hydrogens is 649 g/mol. The van der Waals surface area contributed by atoms with Crippen molar-refractivity contribution in [1.29, 1.82) is 0 Å². The Labute approximate surface area is 280 Å². The third-order valence-electron chi connectivity index (χ3n) is 9.54. The van der Waals surface area contributed by atoms with Gasteiger partial charge in [-0.3, -0.25) is 0 Å². The molecule has 0 unspecified atom stereocenters. The maximum Gasteiger partial charge on any atom is 0.0907 e. The molecule has 2 aliphatic carbocycles. The summed E-state index contributed by atoms with van der Waals surface area (Å²) in [5.41, 5.74) is 7.82. The molecule has 212 valence electrons. The van der Waals surface area contributed by atoms with Crippen LogP contribution in [0.2, 0.25) is 0 Å². The Morgan fingerprint density at radius 3 is 1.11 bits per heavy atom. The van der Waals surface area contributed by atoms with E-state index in [1.165, 1.54) is 83.2 Å². The zero-order valence-electron chi connectivity index (χ0n) is 23.8. The van der Waals surface area contributed by atoms with Gasteiger partial charge in [-0.2, -0.15) is 0 Å². The Hall–Kier alpha value is -3.10. The standard InChI is InChI=1S/C38H24S6/c1-21-19-27-35(43-21)23-11-13-26-34-24(12-14-25(33(23)34)37(27,29-7-3-15-39-29)30-8-4-16-40-30)36-28(20-22(2)44-36)38(26,31-9-5-17-41-31)32-10-6-18-42-32/h3-20H,1-2H3. The summed E-state index contributed by atoms with van der Waals surface area (Å²) in [7, 11) is 0. The van der Waals surface area contributed by atoms with Gasteiger partial charge in [-0.25, -0.2) is 0 Å². The average Bonchev–Trinajstić information content (AvgIpc) is 3.88. The molecule has 0 radical (unpaired) electrons. The van der Waals surface area contributed by atoms with Crippen molar-refractivity contribution >= 4 is 78.8 Å². The van der Waals surface area contributed by atoms with Crippen LogP contribution in [0.4, 0.5) is 0 Å². The van der Waals surface area contributed by atoms with Crippen molar-refractivity contribution in [3.8, 4) is 20.9 Å². The number of thiophene rings is 6. The minimum Gasteiger partial charge on any atom is -0.147 e. The highest BCUT2D eigenvalue weighted by molar-refractivity contribution is 7.17. The molecule has 6 heteroatoms. The van der Waals surface area contributed by atoms with E-state index in [4.69, 9.17) is 0 Å². The van der Waals surface area contributed by atoms with Gasteiger partial charge in [0.2, 0.25) is 0 Å². The van der Waals surface area contributed by atoms with Crippen molar-refractivity contribution in [2.24, 2.45) is 0 Å². The molecule has 0 bridgehead atoms. The number of hydrogen-bond acceptors (Lipinski definition) is 6. The average molecular weight is 673 g/mol. The third-order valence-corrected chi connectivity index (χ3v) is 15.7. The molecular formula is C38H24S6. The van der Waals surface area contributed by atoms with E-state index < -0.39 is 0 Å². The van der Waals surface area contributed by atoms with E-state index in [9.17, 15) is 0 Å². The Morgan fingerprint density at radius 2 is 0.795 bits per heavy atom. The molecule has 44 heavy (non-hydrogen) atoms. The molecule has 0 N–H and O–H groups in total. The molecule has 6 heterocycles. The summed E-state index contributed by atoms with van der Waals surface area (Å²) in [5.74, 6) is 0. The van der Waals surface area contributed by atoms with E-state index in [0.29, 0.717) is 0 Å². The van der Waals surface area contributed by atoms with E-state index in [-0.39, 0.29) is 10.8 Å². The number of aryl methyl sites for hydroxylation is 2. The van der Waals surface area contributed by atoms with Gasteiger partial charge in [-0.1, -0.05) is 48.5 Å². The molecule has 2 aromatic carbocycles. The van der Waals surface area contributed by atoms with Gasteiger partial charge in [-0.15, -0.1) is 68.0 Å². The van der Waals surface area contributed by atoms with Crippen LogP contribution in [0.15, 0.2) is 106 Å². The van der Waals surface area contributed by atoms with Gasteiger partial charge in [-0.05, 0) is 105 Å². The first kappa shape index (κ1) is 26.1. The first-order chi connectivity index (χ1) is 21.6. The Kier molecular flexibility index (Phi) is 5.48. The molecule has 0 saturated heterocycles. The summed E-state index contributed by atoms with van der Waals surface area (Å²) in [5, 5.41) is 11.9. The van der Waals surface area contributed by atoms with Gasteiger partial charge >= 0.3 is 0 Å². The maximum atomic E-state index is 2.49. The second-order valence-electron chi connectivity index (χ2n) is 11.7. The molecule has 0 saturated carbocycles. The largest absolute Gasteiger partial charge is 0.147 e. The Morgan fingerprint density at radius 1 is 0.432 bits per heavy atom. The van der Waals surface area contributed by atoms with Crippen LogP contribution in [0.25, 0.3) is 31.7 Å². The van der Waals surface area contributed by atoms with Gasteiger partial charge in [0, 0.05) is 50.1 Å². The van der Waals surface area contributed by atoms with Crippen molar-refractivity contribution in [1.82, 2.24) is 0 Å². The van der Waals surface area contributed by atoms with Gasteiger partial charge in [0.05, 0.1) is 10.8 Å². The lowest BCUT2D eigenvalue weighted by atomic mass is 9.62. The first-order valence-electron chi connectivity index (χ1n) is 14.6. The number of rotatable bonds is 4. The zero-order chi connectivity index (χ0) is 29.2. The summed E-state index contributed by atoms with van der Waals surface area (Å²) in [6, 6.07) is 33.2. The second-order valence-corrected chi connectivity index (χ2v) is 18.0. The minimum atomic E-state index is -0.341. The summed E-state index contributed by atoms with van der Waals surface area (Å²) >= 11 is 11.5. The van der Waals surface area contributed by atoms with Gasteiger partial charge < -0.3 is 0 Å². The van der Waals surface area contributed by atoms with Crippen LogP contribution >= 0.6 is 68.0 Å². The van der Waals surface area contributed by atoms with Crippen LogP contribution < -0.4 is 0 Å². The molecule has 0 amide bonds. The number of fused-ring (bicyclic) bond motifs is 4. The van der Waals surface area contributed by atoms with E-state index >= 15 is 0 Å². The first-order valence-corrected chi connectivity index (χ1v) is 19.8. The van der Waals surface area contributed by atoms with Crippen molar-refractivity contribution < 1.29 is 0 Å². The maximum absolute atomic E-state index is 2.49. The van der Waals surface area contributed by atoms with Crippen LogP contribution in [0.1, 0.15) is 51.5 Å². The predicted octanol–water partition coefficient (Wildman–Crippen LogP) is 12.6. The molecule has 0 fully saturated rings. The van der Waals surface area contributed by atoms with Crippen molar-refractivity contribution in [2.45, 2.75) is 24.7 Å². The highest BCUT2D eigenvalue weighted by Gasteiger charge is 2.51. The fourth-order valence-electron chi connectivity index (χ4n) is 8.05. The molecule has 0 aliphatic heterocycles. The molecule has 0 atom stereocenters. The third kappa shape index (κ3) is 3.07. The fourth-order valence-corrected chi connectivity index (χ4v) is 14.2. The summed E-state index contributed by atoms with van der Waals surface area (Å²) < 4.78 is 0. The zero-order valence-corrected chi connectivity index (χ0v) is 28.7. The van der Waals surface area contributed by atoms with Crippen LogP contribution in [-0.2, 0) is 10.8 Å². The second kappa shape index (κ2) is 9.23. The summed E-state index contributed by atoms with van der Waals surface area (Å²) in [6.45, 7) is 4.56. The van der Waals surface area contributed by atoms with E-state index in [1.54, 1.807) is 0 Å². The molecule has 8 aromatic rings. The molecule has 2 aliphatic rings. The highest BCUT2D eigenvalue weighted by atomic mass is 32.1. The predicted molar refractivity (Wildman–Crippen MR) is 195 cm³/mol. The topological polar surface area (TPSA) is 0 Å². The van der Waals surface area contributed by atoms with Crippen molar-refractivity contribution in [3.63, 3.8) is 0 Å². The summed E-state index contributed by atoms with van der Waals surface area (Å²) in [6.07, 6.45) is 0. The minimum absolute atomic E-state index is 0.341.